The van der Waals surface area contributed by atoms with Gasteiger partial charge in [0.1, 0.15) is 5.82 Å². The second-order valence-electron chi connectivity index (χ2n) is 6.24. The number of likely N-dealkylation sites (tertiary alicyclic amines) is 1. The standard InChI is InChI=1S/C17H24N4O/c1-11-5-14(8-18-7-11)9-21-10-15(22-4)6-16(21)17-19-12(2)13(3)20-17/h5,7-8,15-16H,6,9-10H2,1-4H3,(H,19,20)/t15-,16+/m1/s1. The van der Waals surface area contributed by atoms with Crippen molar-refractivity contribution < 1.29 is 4.74 Å². The zero-order valence-corrected chi connectivity index (χ0v) is 13.8. The molecule has 0 saturated carbocycles. The summed E-state index contributed by atoms with van der Waals surface area (Å²) >= 11 is 0. The van der Waals surface area contributed by atoms with Gasteiger partial charge < -0.3 is 9.72 Å². The van der Waals surface area contributed by atoms with Crippen molar-refractivity contribution >= 4 is 0 Å². The lowest BCUT2D eigenvalue weighted by Gasteiger charge is -2.22. The van der Waals surface area contributed by atoms with Crippen LogP contribution in [-0.4, -0.2) is 39.6 Å². The van der Waals surface area contributed by atoms with Gasteiger partial charge in [-0.25, -0.2) is 4.98 Å². The van der Waals surface area contributed by atoms with Gasteiger partial charge in [-0.3, -0.25) is 9.88 Å². The van der Waals surface area contributed by atoms with Crippen LogP contribution < -0.4 is 0 Å². The third kappa shape index (κ3) is 3.05. The molecule has 0 aliphatic carbocycles. The van der Waals surface area contributed by atoms with E-state index in [0.29, 0.717) is 0 Å². The van der Waals surface area contributed by atoms with Crippen molar-refractivity contribution in [3.63, 3.8) is 0 Å². The van der Waals surface area contributed by atoms with E-state index in [9.17, 15) is 0 Å². The molecule has 2 atom stereocenters. The Morgan fingerprint density at radius 3 is 2.77 bits per heavy atom. The molecular formula is C17H24N4O. The molecule has 2 aromatic rings. The lowest BCUT2D eigenvalue weighted by atomic mass is 10.1. The van der Waals surface area contributed by atoms with Crippen LogP contribution in [-0.2, 0) is 11.3 Å². The predicted molar refractivity (Wildman–Crippen MR) is 85.6 cm³/mol. The summed E-state index contributed by atoms with van der Waals surface area (Å²) in [6.07, 6.45) is 5.07. The van der Waals surface area contributed by atoms with Crippen LogP contribution in [0.2, 0.25) is 0 Å². The number of pyridine rings is 1. The van der Waals surface area contributed by atoms with Crippen LogP contribution in [0.25, 0.3) is 0 Å². The number of ether oxygens (including phenoxy) is 1. The van der Waals surface area contributed by atoms with E-state index in [1.54, 1.807) is 7.11 Å². The van der Waals surface area contributed by atoms with Crippen LogP contribution in [0.15, 0.2) is 18.5 Å². The fraction of sp³-hybridized carbons (Fsp3) is 0.529. The van der Waals surface area contributed by atoms with Crippen molar-refractivity contribution in [1.29, 1.82) is 0 Å². The first-order valence-electron chi connectivity index (χ1n) is 7.77. The summed E-state index contributed by atoms with van der Waals surface area (Å²) in [6, 6.07) is 2.47. The Labute approximate surface area is 131 Å². The summed E-state index contributed by atoms with van der Waals surface area (Å²) in [5, 5.41) is 0. The van der Waals surface area contributed by atoms with E-state index in [1.807, 2.05) is 19.3 Å². The highest BCUT2D eigenvalue weighted by Gasteiger charge is 2.35. The summed E-state index contributed by atoms with van der Waals surface area (Å²) in [7, 11) is 1.79. The van der Waals surface area contributed by atoms with E-state index >= 15 is 0 Å². The van der Waals surface area contributed by atoms with Gasteiger partial charge in [0.15, 0.2) is 0 Å². The van der Waals surface area contributed by atoms with Crippen LogP contribution in [0.5, 0.6) is 0 Å². The van der Waals surface area contributed by atoms with Crippen molar-refractivity contribution in [3.8, 4) is 0 Å². The van der Waals surface area contributed by atoms with Gasteiger partial charge in [-0.1, -0.05) is 6.07 Å². The van der Waals surface area contributed by atoms with Gasteiger partial charge in [-0.05, 0) is 38.3 Å². The summed E-state index contributed by atoms with van der Waals surface area (Å²) in [5.74, 6) is 1.05. The number of rotatable bonds is 4. The highest BCUT2D eigenvalue weighted by Crippen LogP contribution is 2.33. The molecule has 5 heteroatoms. The molecule has 1 aliphatic rings. The van der Waals surface area contributed by atoms with E-state index in [1.165, 1.54) is 11.1 Å². The molecule has 3 heterocycles. The third-order valence-corrected chi connectivity index (χ3v) is 4.48. The molecule has 0 unspecified atom stereocenters. The maximum absolute atomic E-state index is 5.59. The van der Waals surface area contributed by atoms with Crippen LogP contribution in [0.4, 0.5) is 0 Å². The van der Waals surface area contributed by atoms with Gasteiger partial charge in [0.25, 0.3) is 0 Å². The number of methoxy groups -OCH3 is 1. The first-order chi connectivity index (χ1) is 10.6. The Morgan fingerprint density at radius 1 is 1.32 bits per heavy atom. The molecule has 1 aliphatic heterocycles. The molecule has 1 N–H and O–H groups in total. The quantitative estimate of drug-likeness (QED) is 0.943. The highest BCUT2D eigenvalue weighted by atomic mass is 16.5. The molecule has 0 radical (unpaired) electrons. The molecule has 1 fully saturated rings. The number of nitrogens with one attached hydrogen (secondary N) is 1. The number of nitrogens with zero attached hydrogens (tertiary/aromatic N) is 3. The molecule has 3 rings (SSSR count). The Kier molecular flexibility index (Phi) is 4.27. The average Bonchev–Trinajstić information content (AvgIpc) is 3.03. The second kappa shape index (κ2) is 6.18. The lowest BCUT2D eigenvalue weighted by molar-refractivity contribution is 0.107. The fourth-order valence-corrected chi connectivity index (χ4v) is 3.16. The van der Waals surface area contributed by atoms with Crippen molar-refractivity contribution in [3.05, 3.63) is 46.8 Å². The molecule has 2 aromatic heterocycles. The molecule has 5 nitrogen and oxygen atoms in total. The van der Waals surface area contributed by atoms with Crippen molar-refractivity contribution in [1.82, 2.24) is 19.9 Å². The maximum atomic E-state index is 5.59. The van der Waals surface area contributed by atoms with E-state index in [-0.39, 0.29) is 12.1 Å². The normalized spacial score (nSPS) is 22.4. The predicted octanol–water partition coefficient (Wildman–Crippen LogP) is 2.69. The molecule has 0 bridgehead atoms. The first-order valence-corrected chi connectivity index (χ1v) is 7.77. The first kappa shape index (κ1) is 15.2. The average molecular weight is 300 g/mol. The number of H-pyrrole nitrogens is 1. The van der Waals surface area contributed by atoms with Gasteiger partial charge >= 0.3 is 0 Å². The van der Waals surface area contributed by atoms with Crippen LogP contribution in [0, 0.1) is 20.8 Å². The smallest absolute Gasteiger partial charge is 0.124 e. The van der Waals surface area contributed by atoms with Crippen LogP contribution in [0.3, 0.4) is 0 Å². The molecule has 1 saturated heterocycles. The minimum absolute atomic E-state index is 0.258. The van der Waals surface area contributed by atoms with Crippen LogP contribution in [0.1, 0.15) is 40.8 Å². The van der Waals surface area contributed by atoms with Gasteiger partial charge in [-0.15, -0.1) is 0 Å². The van der Waals surface area contributed by atoms with Gasteiger partial charge in [0, 0.05) is 38.3 Å². The van der Waals surface area contributed by atoms with Gasteiger partial charge in [-0.2, -0.15) is 0 Å². The molecular weight excluding hydrogens is 276 g/mol. The van der Waals surface area contributed by atoms with Gasteiger partial charge in [0.05, 0.1) is 17.8 Å². The third-order valence-electron chi connectivity index (χ3n) is 4.48. The summed E-state index contributed by atoms with van der Waals surface area (Å²) in [6.45, 7) is 8.00. The number of aryl methyl sites for hydroxylation is 3. The largest absolute Gasteiger partial charge is 0.380 e. The molecule has 0 amide bonds. The van der Waals surface area contributed by atoms with E-state index in [2.05, 4.69) is 34.8 Å². The number of aromatic nitrogens is 3. The van der Waals surface area contributed by atoms with E-state index < -0.39 is 0 Å². The van der Waals surface area contributed by atoms with Gasteiger partial charge in [0.2, 0.25) is 0 Å². The zero-order valence-electron chi connectivity index (χ0n) is 13.8. The summed E-state index contributed by atoms with van der Waals surface area (Å²) in [4.78, 5) is 14.9. The Morgan fingerprint density at radius 2 is 2.14 bits per heavy atom. The maximum Gasteiger partial charge on any atom is 0.124 e. The number of aromatic amines is 1. The topological polar surface area (TPSA) is 54.0 Å². The monoisotopic (exact) mass is 300 g/mol. The van der Waals surface area contributed by atoms with Crippen molar-refractivity contribution in [2.75, 3.05) is 13.7 Å². The SMILES string of the molecule is CO[C@@H]1C[C@@H](c2nc(C)c(C)[nH]2)N(Cc2cncc(C)c2)C1. The minimum atomic E-state index is 0.258. The summed E-state index contributed by atoms with van der Waals surface area (Å²) in [5.41, 5.74) is 4.66. The molecule has 118 valence electrons. The second-order valence-corrected chi connectivity index (χ2v) is 6.24. The van der Waals surface area contributed by atoms with E-state index in [4.69, 9.17) is 9.72 Å². The number of hydrogen-bond donors (Lipinski definition) is 1. The minimum Gasteiger partial charge on any atom is -0.380 e. The fourth-order valence-electron chi connectivity index (χ4n) is 3.16. The lowest BCUT2D eigenvalue weighted by Crippen LogP contribution is -2.25. The molecule has 0 spiro atoms. The number of imidazole rings is 1. The Bertz CT molecular complexity index is 632. The Balaban J connectivity index is 1.83. The van der Waals surface area contributed by atoms with Crippen molar-refractivity contribution in [2.45, 2.75) is 45.9 Å². The highest BCUT2D eigenvalue weighted by molar-refractivity contribution is 5.18. The molecule has 0 aromatic carbocycles. The van der Waals surface area contributed by atoms with E-state index in [0.717, 1.165) is 36.7 Å². The number of hydrogen-bond acceptors (Lipinski definition) is 4. The Hall–Kier alpha value is -1.72. The zero-order chi connectivity index (χ0) is 15.7. The summed E-state index contributed by atoms with van der Waals surface area (Å²) < 4.78 is 5.59. The van der Waals surface area contributed by atoms with Crippen molar-refractivity contribution in [2.24, 2.45) is 0 Å². The molecule has 22 heavy (non-hydrogen) atoms. The van der Waals surface area contributed by atoms with Crippen LogP contribution >= 0.6 is 0 Å².